The molecule has 0 saturated heterocycles. The number of nitrogens with zero attached hydrogens (tertiary/aromatic N) is 1. The SMILES string of the molecule is CC(=O)Nc1ccc(OC(CC(N)C(=O)Nc2ccccc2)N(Oc2ccc(NC(C)=O)cc2)C(C)C(=O)Nc2ccccc2)cc1. The fourth-order valence-electron chi connectivity index (χ4n) is 4.46. The van der Waals surface area contributed by atoms with Gasteiger partial charge in [-0.1, -0.05) is 41.5 Å². The van der Waals surface area contributed by atoms with Crippen LogP contribution in [-0.2, 0) is 19.2 Å². The van der Waals surface area contributed by atoms with Crippen LogP contribution >= 0.6 is 0 Å². The smallest absolute Gasteiger partial charge is 0.245 e. The highest BCUT2D eigenvalue weighted by atomic mass is 16.7. The number of ether oxygens (including phenoxy) is 1. The summed E-state index contributed by atoms with van der Waals surface area (Å²) in [6.45, 7) is 4.44. The lowest BCUT2D eigenvalue weighted by Gasteiger charge is -2.35. The topological polar surface area (TPSA) is 164 Å². The van der Waals surface area contributed by atoms with Crippen LogP contribution in [0.25, 0.3) is 0 Å². The Balaban J connectivity index is 1.66. The molecule has 47 heavy (non-hydrogen) atoms. The van der Waals surface area contributed by atoms with Crippen molar-refractivity contribution >= 4 is 46.4 Å². The molecule has 0 fully saturated rings. The zero-order valence-corrected chi connectivity index (χ0v) is 26.3. The molecule has 4 aromatic rings. The van der Waals surface area contributed by atoms with Crippen molar-refractivity contribution in [2.75, 3.05) is 21.3 Å². The molecule has 4 amide bonds. The number of amides is 4. The summed E-state index contributed by atoms with van der Waals surface area (Å²) >= 11 is 0. The van der Waals surface area contributed by atoms with Gasteiger partial charge in [0.05, 0.1) is 6.04 Å². The number of carbonyl (C=O) groups is 4. The predicted octanol–water partition coefficient (Wildman–Crippen LogP) is 4.99. The Morgan fingerprint density at radius 1 is 0.617 bits per heavy atom. The van der Waals surface area contributed by atoms with Gasteiger partial charge in [-0.15, -0.1) is 0 Å². The minimum absolute atomic E-state index is 0.0982. The van der Waals surface area contributed by atoms with Gasteiger partial charge < -0.3 is 36.6 Å². The van der Waals surface area contributed by atoms with Crippen LogP contribution in [0.2, 0.25) is 0 Å². The quantitative estimate of drug-likeness (QED) is 0.0953. The minimum atomic E-state index is -1.09. The van der Waals surface area contributed by atoms with Crippen molar-refractivity contribution in [2.24, 2.45) is 5.73 Å². The van der Waals surface area contributed by atoms with Crippen molar-refractivity contribution in [3.63, 3.8) is 0 Å². The van der Waals surface area contributed by atoms with Crippen LogP contribution in [0.3, 0.4) is 0 Å². The highest BCUT2D eigenvalue weighted by Crippen LogP contribution is 2.25. The third-order valence-electron chi connectivity index (χ3n) is 6.75. The van der Waals surface area contributed by atoms with Gasteiger partial charge >= 0.3 is 0 Å². The molecule has 0 aliphatic carbocycles. The van der Waals surface area contributed by atoms with Crippen LogP contribution in [0.4, 0.5) is 22.7 Å². The lowest BCUT2D eigenvalue weighted by Crippen LogP contribution is -2.54. The first-order valence-electron chi connectivity index (χ1n) is 14.9. The third kappa shape index (κ3) is 10.7. The molecule has 0 spiro atoms. The molecule has 3 atom stereocenters. The normalized spacial score (nSPS) is 12.6. The largest absolute Gasteiger partial charge is 0.472 e. The van der Waals surface area contributed by atoms with E-state index in [9.17, 15) is 19.2 Å². The fraction of sp³-hybridized carbons (Fsp3) is 0.200. The highest BCUT2D eigenvalue weighted by molar-refractivity contribution is 5.95. The first-order chi connectivity index (χ1) is 22.6. The van der Waals surface area contributed by atoms with E-state index in [4.69, 9.17) is 15.3 Å². The Hall–Kier alpha value is -5.72. The van der Waals surface area contributed by atoms with E-state index in [0.29, 0.717) is 34.2 Å². The molecular formula is C35H38N6O6. The fourth-order valence-corrected chi connectivity index (χ4v) is 4.46. The van der Waals surface area contributed by atoms with Crippen molar-refractivity contribution in [3.8, 4) is 11.5 Å². The summed E-state index contributed by atoms with van der Waals surface area (Å²) in [4.78, 5) is 56.1. The highest BCUT2D eigenvalue weighted by Gasteiger charge is 2.35. The Morgan fingerprint density at radius 3 is 1.51 bits per heavy atom. The second-order valence-electron chi connectivity index (χ2n) is 10.7. The Bertz CT molecular complexity index is 1640. The molecule has 12 heteroatoms. The number of nitrogens with two attached hydrogens (primary N) is 1. The number of hydrogen-bond donors (Lipinski definition) is 5. The second-order valence-corrected chi connectivity index (χ2v) is 10.7. The van der Waals surface area contributed by atoms with Crippen LogP contribution in [-0.4, -0.2) is 47.0 Å². The summed E-state index contributed by atoms with van der Waals surface area (Å²) in [5, 5.41) is 12.4. The summed E-state index contributed by atoms with van der Waals surface area (Å²) < 4.78 is 6.37. The molecule has 0 aliphatic heterocycles. The molecule has 3 unspecified atom stereocenters. The van der Waals surface area contributed by atoms with E-state index < -0.39 is 30.1 Å². The van der Waals surface area contributed by atoms with Gasteiger partial charge in [-0.2, -0.15) is 0 Å². The van der Waals surface area contributed by atoms with E-state index in [2.05, 4.69) is 21.3 Å². The minimum Gasteiger partial charge on any atom is -0.472 e. The summed E-state index contributed by atoms with van der Waals surface area (Å²) in [5.74, 6) is -0.642. The molecule has 0 saturated carbocycles. The average molecular weight is 639 g/mol. The summed E-state index contributed by atoms with van der Waals surface area (Å²) in [5.41, 5.74) is 8.69. The maximum absolute atomic E-state index is 13.6. The number of para-hydroxylation sites is 2. The predicted molar refractivity (Wildman–Crippen MR) is 181 cm³/mol. The Labute approximate surface area is 273 Å². The van der Waals surface area contributed by atoms with Gasteiger partial charge in [0, 0.05) is 43.0 Å². The molecule has 244 valence electrons. The third-order valence-corrected chi connectivity index (χ3v) is 6.75. The Morgan fingerprint density at radius 2 is 1.04 bits per heavy atom. The zero-order chi connectivity index (χ0) is 33.8. The molecule has 0 aromatic heterocycles. The van der Waals surface area contributed by atoms with Gasteiger partial charge in [0.15, 0.2) is 6.23 Å². The molecule has 0 heterocycles. The maximum atomic E-state index is 13.6. The summed E-state index contributed by atoms with van der Waals surface area (Å²) in [6, 6.07) is 28.9. The summed E-state index contributed by atoms with van der Waals surface area (Å²) in [7, 11) is 0. The van der Waals surface area contributed by atoms with Crippen molar-refractivity contribution < 1.29 is 28.8 Å². The number of nitrogens with one attached hydrogen (secondary N) is 4. The number of rotatable bonds is 14. The maximum Gasteiger partial charge on any atom is 0.245 e. The van der Waals surface area contributed by atoms with E-state index in [1.807, 2.05) is 12.1 Å². The number of anilines is 4. The number of carbonyl (C=O) groups excluding carboxylic acids is 4. The van der Waals surface area contributed by atoms with Crippen LogP contribution in [0.15, 0.2) is 109 Å². The van der Waals surface area contributed by atoms with Crippen molar-refractivity contribution in [2.45, 2.75) is 45.5 Å². The monoisotopic (exact) mass is 638 g/mol. The molecule has 6 N–H and O–H groups in total. The lowest BCUT2D eigenvalue weighted by atomic mass is 10.1. The standard InChI is InChI=1S/C35H38N6O6/c1-23(34(44)39-26-10-6-4-7-11-26)41(47-31-20-16-29(17-21-31)38-25(3)43)33(46-30-18-14-28(15-19-30)37-24(2)42)22-32(36)35(45)40-27-12-8-5-9-13-27/h4-21,23,32-33H,22,36H2,1-3H3,(H,37,42)(H,38,43)(H,39,44)(H,40,45). The van der Waals surface area contributed by atoms with Gasteiger partial charge in [0.25, 0.3) is 0 Å². The summed E-state index contributed by atoms with van der Waals surface area (Å²) in [6.07, 6.45) is -1.18. The molecule has 4 aromatic carbocycles. The number of benzene rings is 4. The second kappa shape index (κ2) is 16.5. The van der Waals surface area contributed by atoms with E-state index >= 15 is 0 Å². The number of hydroxylamine groups is 2. The van der Waals surface area contributed by atoms with Crippen LogP contribution in [0, 0.1) is 0 Å². The lowest BCUT2D eigenvalue weighted by molar-refractivity contribution is -0.189. The molecule has 12 nitrogen and oxygen atoms in total. The zero-order valence-electron chi connectivity index (χ0n) is 26.3. The molecule has 0 aliphatic rings. The van der Waals surface area contributed by atoms with Gasteiger partial charge in [-0.05, 0) is 79.7 Å². The van der Waals surface area contributed by atoms with Gasteiger partial charge in [-0.3, -0.25) is 19.2 Å². The van der Waals surface area contributed by atoms with Gasteiger partial charge in [-0.25, -0.2) is 0 Å². The molecule has 0 radical (unpaired) electrons. The van der Waals surface area contributed by atoms with Crippen LogP contribution < -0.4 is 36.6 Å². The van der Waals surface area contributed by atoms with Crippen LogP contribution in [0.5, 0.6) is 11.5 Å². The van der Waals surface area contributed by atoms with Crippen molar-refractivity contribution in [1.82, 2.24) is 5.06 Å². The van der Waals surface area contributed by atoms with Gasteiger partial charge in [0.1, 0.15) is 17.5 Å². The Kier molecular flexibility index (Phi) is 12.0. The molecule has 0 bridgehead atoms. The van der Waals surface area contributed by atoms with Crippen molar-refractivity contribution in [3.05, 3.63) is 109 Å². The molecular weight excluding hydrogens is 600 g/mol. The van der Waals surface area contributed by atoms with E-state index in [1.165, 1.54) is 18.9 Å². The first kappa shape index (κ1) is 34.2. The number of hydrogen-bond acceptors (Lipinski definition) is 8. The first-order valence-corrected chi connectivity index (χ1v) is 14.9. The molecule has 4 rings (SSSR count). The van der Waals surface area contributed by atoms with E-state index in [0.717, 1.165) is 0 Å². The van der Waals surface area contributed by atoms with E-state index in [-0.39, 0.29) is 18.2 Å². The average Bonchev–Trinajstić information content (AvgIpc) is 3.05. The van der Waals surface area contributed by atoms with Crippen molar-refractivity contribution in [1.29, 1.82) is 0 Å². The van der Waals surface area contributed by atoms with Crippen LogP contribution in [0.1, 0.15) is 27.2 Å². The van der Waals surface area contributed by atoms with Gasteiger partial charge in [0.2, 0.25) is 23.6 Å². The van der Waals surface area contributed by atoms with E-state index in [1.54, 1.807) is 104 Å².